The minimum Gasteiger partial charge on any atom is -0.449 e. The van der Waals surface area contributed by atoms with Gasteiger partial charge in [0.15, 0.2) is 11.3 Å². The highest BCUT2D eigenvalue weighted by Gasteiger charge is 2.46. The second-order valence-electron chi connectivity index (χ2n) is 11.8. The van der Waals surface area contributed by atoms with Crippen LogP contribution in [0.1, 0.15) is 68.1 Å². The van der Waals surface area contributed by atoms with E-state index in [0.717, 1.165) is 29.5 Å². The quantitative estimate of drug-likeness (QED) is 0.193. The number of benzene rings is 2. The van der Waals surface area contributed by atoms with Crippen LogP contribution in [-0.4, -0.2) is 50.1 Å². The Hall–Kier alpha value is -4.79. The van der Waals surface area contributed by atoms with E-state index in [-0.39, 0.29) is 29.3 Å². The van der Waals surface area contributed by atoms with Crippen LogP contribution in [0.2, 0.25) is 0 Å². The molecule has 4 heterocycles. The van der Waals surface area contributed by atoms with E-state index in [2.05, 4.69) is 18.9 Å². The molecule has 1 saturated heterocycles. The Bertz CT molecular complexity index is 1810. The van der Waals surface area contributed by atoms with Crippen LogP contribution in [0.5, 0.6) is 0 Å². The molecule has 3 aromatic heterocycles. The fraction of sp³-hybridized carbons (Fsp3) is 0.314. The molecular formula is C35H36FN5O3. The van der Waals surface area contributed by atoms with Crippen LogP contribution < -0.4 is 4.90 Å². The molecule has 0 atom stereocenters. The minimum atomic E-state index is -1.12. The molecule has 0 N–H and O–H groups in total. The molecule has 0 unspecified atom stereocenters. The lowest BCUT2D eigenvalue weighted by Gasteiger charge is -2.45. The largest absolute Gasteiger partial charge is 0.449 e. The summed E-state index contributed by atoms with van der Waals surface area (Å²) >= 11 is 0. The van der Waals surface area contributed by atoms with Crippen molar-refractivity contribution >= 4 is 28.6 Å². The molecule has 0 saturated carbocycles. The zero-order valence-electron chi connectivity index (χ0n) is 25.5. The topological polar surface area (TPSA) is 84.5 Å². The highest BCUT2D eigenvalue weighted by Crippen LogP contribution is 2.36. The van der Waals surface area contributed by atoms with Gasteiger partial charge in [0.25, 0.3) is 11.8 Å². The van der Waals surface area contributed by atoms with Gasteiger partial charge in [-0.05, 0) is 68.5 Å². The highest BCUT2D eigenvalue weighted by atomic mass is 19.1. The molecule has 0 bridgehead atoms. The van der Waals surface area contributed by atoms with E-state index >= 15 is 0 Å². The Kier molecular flexibility index (Phi) is 7.80. The number of pyridine rings is 1. The van der Waals surface area contributed by atoms with Gasteiger partial charge in [-0.2, -0.15) is 5.10 Å². The number of furan rings is 1. The van der Waals surface area contributed by atoms with Gasteiger partial charge >= 0.3 is 0 Å². The van der Waals surface area contributed by atoms with E-state index in [1.54, 1.807) is 48.0 Å². The first-order chi connectivity index (χ1) is 21.2. The molecule has 8 nitrogen and oxygen atoms in total. The molecule has 0 aliphatic carbocycles. The Balaban J connectivity index is 1.28. The van der Waals surface area contributed by atoms with E-state index < -0.39 is 5.54 Å². The van der Waals surface area contributed by atoms with E-state index in [4.69, 9.17) is 9.40 Å². The summed E-state index contributed by atoms with van der Waals surface area (Å²) in [5, 5.41) is 4.47. The number of aromatic nitrogens is 3. The molecule has 0 radical (unpaired) electrons. The number of hydrogen-bond acceptors (Lipinski definition) is 5. The molecule has 2 amide bonds. The molecule has 1 fully saturated rings. The first kappa shape index (κ1) is 29.3. The lowest BCUT2D eigenvalue weighted by atomic mass is 9.92. The summed E-state index contributed by atoms with van der Waals surface area (Å²) in [4.78, 5) is 35.8. The summed E-state index contributed by atoms with van der Waals surface area (Å²) in [5.74, 6) is -0.537. The van der Waals surface area contributed by atoms with Crippen molar-refractivity contribution in [2.45, 2.75) is 58.5 Å². The third kappa shape index (κ3) is 5.38. The fourth-order valence-corrected chi connectivity index (χ4v) is 6.06. The zero-order valence-corrected chi connectivity index (χ0v) is 25.5. The molecule has 9 heteroatoms. The number of rotatable bonds is 8. The number of carbonyl (C=O) groups is 2. The normalized spacial score (nSPS) is 15.0. The van der Waals surface area contributed by atoms with Crippen molar-refractivity contribution in [1.29, 1.82) is 0 Å². The standard InChI is InChI=1S/C35H36FN5O3/c1-5-24(6-2)28-18-29(25-12-14-26(36)15-13-25)38-30-19-31(44-32(28)30)33(42)41-17-16-40(34(43)35(41,3)4)27-20-37-39(22-27)21-23-10-8-7-9-11-23/h7-15,18-20,22,24H,5-6,16-17,21H2,1-4H3. The summed E-state index contributed by atoms with van der Waals surface area (Å²) < 4.78 is 21.7. The van der Waals surface area contributed by atoms with Gasteiger partial charge in [-0.3, -0.25) is 14.3 Å². The van der Waals surface area contributed by atoms with Crippen LogP contribution in [-0.2, 0) is 11.3 Å². The van der Waals surface area contributed by atoms with Crippen molar-refractivity contribution < 1.29 is 18.4 Å². The van der Waals surface area contributed by atoms with Gasteiger partial charge in [0.2, 0.25) is 0 Å². The maximum absolute atomic E-state index is 14.0. The minimum absolute atomic E-state index is 0.140. The predicted molar refractivity (Wildman–Crippen MR) is 168 cm³/mol. The van der Waals surface area contributed by atoms with Crippen molar-refractivity contribution in [3.05, 3.63) is 102 Å². The first-order valence-corrected chi connectivity index (χ1v) is 15.1. The van der Waals surface area contributed by atoms with Gasteiger partial charge in [-0.15, -0.1) is 0 Å². The number of hydrogen-bond donors (Lipinski definition) is 0. The number of fused-ring (bicyclic) bond motifs is 1. The van der Waals surface area contributed by atoms with Gasteiger partial charge in [0, 0.05) is 36.5 Å². The third-order valence-electron chi connectivity index (χ3n) is 8.64. The van der Waals surface area contributed by atoms with Crippen molar-refractivity contribution in [2.75, 3.05) is 18.0 Å². The number of piperazine rings is 1. The molecule has 226 valence electrons. The number of amides is 2. The molecule has 5 aromatic rings. The van der Waals surface area contributed by atoms with Crippen LogP contribution in [0, 0.1) is 5.82 Å². The van der Waals surface area contributed by atoms with Crippen molar-refractivity contribution in [3.8, 4) is 11.3 Å². The van der Waals surface area contributed by atoms with E-state index in [0.29, 0.717) is 42.1 Å². The zero-order chi connectivity index (χ0) is 31.0. The van der Waals surface area contributed by atoms with Crippen LogP contribution in [0.3, 0.4) is 0 Å². The maximum atomic E-state index is 14.0. The molecule has 2 aromatic carbocycles. The Morgan fingerprint density at radius 3 is 2.45 bits per heavy atom. The summed E-state index contributed by atoms with van der Waals surface area (Å²) in [7, 11) is 0. The van der Waals surface area contributed by atoms with E-state index in [1.807, 2.05) is 47.3 Å². The molecule has 1 aliphatic heterocycles. The van der Waals surface area contributed by atoms with Gasteiger partial charge in [0.05, 0.1) is 24.1 Å². The van der Waals surface area contributed by atoms with Crippen molar-refractivity contribution in [2.24, 2.45) is 0 Å². The predicted octanol–water partition coefficient (Wildman–Crippen LogP) is 7.05. The Morgan fingerprint density at radius 2 is 1.75 bits per heavy atom. The lowest BCUT2D eigenvalue weighted by molar-refractivity contribution is -0.129. The van der Waals surface area contributed by atoms with Crippen LogP contribution in [0.4, 0.5) is 10.1 Å². The molecule has 1 aliphatic rings. The average molecular weight is 594 g/mol. The maximum Gasteiger partial charge on any atom is 0.290 e. The average Bonchev–Trinajstić information content (AvgIpc) is 3.67. The first-order valence-electron chi connectivity index (χ1n) is 15.1. The molecule has 44 heavy (non-hydrogen) atoms. The van der Waals surface area contributed by atoms with E-state index in [9.17, 15) is 14.0 Å². The molecule has 6 rings (SSSR count). The Labute approximate surface area is 256 Å². The number of nitrogens with zero attached hydrogens (tertiary/aromatic N) is 5. The second kappa shape index (κ2) is 11.7. The fourth-order valence-electron chi connectivity index (χ4n) is 6.06. The third-order valence-corrected chi connectivity index (χ3v) is 8.64. The number of halogens is 1. The van der Waals surface area contributed by atoms with Crippen LogP contribution >= 0.6 is 0 Å². The number of anilines is 1. The van der Waals surface area contributed by atoms with E-state index in [1.165, 1.54) is 12.1 Å². The van der Waals surface area contributed by atoms with Crippen LogP contribution in [0.15, 0.2) is 83.5 Å². The Morgan fingerprint density at radius 1 is 1.02 bits per heavy atom. The lowest BCUT2D eigenvalue weighted by Crippen LogP contribution is -2.64. The monoisotopic (exact) mass is 593 g/mol. The SMILES string of the molecule is CCC(CC)c1cc(-c2ccc(F)cc2)nc2cc(C(=O)N3CCN(c4cnn(Cc5ccccc5)c4)C(=O)C3(C)C)oc12. The van der Waals surface area contributed by atoms with Crippen molar-refractivity contribution in [1.82, 2.24) is 19.7 Å². The van der Waals surface area contributed by atoms with Gasteiger partial charge in [-0.25, -0.2) is 9.37 Å². The van der Waals surface area contributed by atoms with Gasteiger partial charge in [0.1, 0.15) is 16.9 Å². The summed E-state index contributed by atoms with van der Waals surface area (Å²) in [6.07, 6.45) is 5.32. The smallest absolute Gasteiger partial charge is 0.290 e. The summed E-state index contributed by atoms with van der Waals surface area (Å²) in [6, 6.07) is 19.9. The van der Waals surface area contributed by atoms with Gasteiger partial charge < -0.3 is 14.2 Å². The summed E-state index contributed by atoms with van der Waals surface area (Å²) in [5.41, 5.74) is 4.25. The second-order valence-corrected chi connectivity index (χ2v) is 11.8. The summed E-state index contributed by atoms with van der Waals surface area (Å²) in [6.45, 7) is 9.01. The van der Waals surface area contributed by atoms with Gasteiger partial charge in [-0.1, -0.05) is 44.2 Å². The highest BCUT2D eigenvalue weighted by molar-refractivity contribution is 6.05. The number of carbonyl (C=O) groups excluding carboxylic acids is 2. The van der Waals surface area contributed by atoms with Crippen molar-refractivity contribution in [3.63, 3.8) is 0 Å². The molecular weight excluding hydrogens is 557 g/mol. The molecule has 0 spiro atoms. The van der Waals surface area contributed by atoms with Crippen LogP contribution in [0.25, 0.3) is 22.4 Å².